The number of amides is 2. The third kappa shape index (κ3) is 3.59. The molecular formula is C19H26N2O5S. The molecule has 1 N–H and O–H groups in total. The first-order valence-corrected chi connectivity index (χ1v) is 11.5. The van der Waals surface area contributed by atoms with Gasteiger partial charge >= 0.3 is 6.03 Å². The zero-order chi connectivity index (χ0) is 19.0. The Kier molecular flexibility index (Phi) is 4.92. The van der Waals surface area contributed by atoms with Gasteiger partial charge in [-0.3, -0.25) is 0 Å². The number of nitrogens with zero attached hydrogens (tertiary/aromatic N) is 1. The van der Waals surface area contributed by atoms with Crippen molar-refractivity contribution in [3.63, 3.8) is 0 Å². The Bertz CT molecular complexity index is 820. The van der Waals surface area contributed by atoms with Crippen molar-refractivity contribution in [2.45, 2.75) is 38.6 Å². The summed E-state index contributed by atoms with van der Waals surface area (Å²) in [7, 11) is -3.01. The molecule has 0 radical (unpaired) electrons. The molecule has 3 aliphatic heterocycles. The number of hydrogen-bond donors (Lipinski definition) is 1. The summed E-state index contributed by atoms with van der Waals surface area (Å²) in [6.45, 7) is 4.25. The molecule has 0 aromatic heterocycles. The number of hydrogen-bond acceptors (Lipinski definition) is 5. The van der Waals surface area contributed by atoms with Crippen LogP contribution in [0.4, 0.5) is 4.79 Å². The summed E-state index contributed by atoms with van der Waals surface area (Å²) in [5.41, 5.74) is 3.52. The highest BCUT2D eigenvalue weighted by Crippen LogP contribution is 2.40. The third-order valence-electron chi connectivity index (χ3n) is 5.66. The minimum absolute atomic E-state index is 0.0686. The molecule has 1 atom stereocenters. The molecule has 2 amide bonds. The van der Waals surface area contributed by atoms with Crippen LogP contribution in [0.25, 0.3) is 0 Å². The van der Waals surface area contributed by atoms with Crippen molar-refractivity contribution in [3.8, 4) is 11.5 Å². The van der Waals surface area contributed by atoms with E-state index >= 15 is 0 Å². The second-order valence-corrected chi connectivity index (χ2v) is 9.57. The maximum absolute atomic E-state index is 12.6. The molecule has 0 aliphatic carbocycles. The van der Waals surface area contributed by atoms with Gasteiger partial charge in [0.05, 0.1) is 24.7 Å². The molecule has 1 unspecified atom stereocenters. The van der Waals surface area contributed by atoms with Gasteiger partial charge in [0.25, 0.3) is 0 Å². The second kappa shape index (κ2) is 7.22. The molecule has 3 aliphatic rings. The summed E-state index contributed by atoms with van der Waals surface area (Å²) in [4.78, 5) is 14.2. The lowest BCUT2D eigenvalue weighted by molar-refractivity contribution is 0.184. The van der Waals surface area contributed by atoms with Crippen LogP contribution >= 0.6 is 0 Å². The van der Waals surface area contributed by atoms with Gasteiger partial charge in [0.15, 0.2) is 9.84 Å². The van der Waals surface area contributed by atoms with E-state index in [9.17, 15) is 13.2 Å². The number of benzene rings is 1. The van der Waals surface area contributed by atoms with E-state index in [1.165, 1.54) is 11.1 Å². The molecule has 1 fully saturated rings. The first-order chi connectivity index (χ1) is 13.0. The summed E-state index contributed by atoms with van der Waals surface area (Å²) < 4.78 is 35.0. The maximum Gasteiger partial charge on any atom is 0.317 e. The molecule has 1 saturated heterocycles. The van der Waals surface area contributed by atoms with E-state index in [2.05, 4.69) is 11.4 Å². The summed E-state index contributed by atoms with van der Waals surface area (Å²) in [6.07, 6.45) is 2.97. The van der Waals surface area contributed by atoms with Crippen molar-refractivity contribution in [1.82, 2.24) is 10.2 Å². The normalized spacial score (nSPS) is 21.9. The molecule has 4 rings (SSSR count). The van der Waals surface area contributed by atoms with Gasteiger partial charge in [0, 0.05) is 48.7 Å². The average Bonchev–Trinajstić information content (AvgIpc) is 3.34. The number of ether oxygens (including phenoxy) is 2. The van der Waals surface area contributed by atoms with E-state index in [0.717, 1.165) is 29.9 Å². The van der Waals surface area contributed by atoms with E-state index < -0.39 is 9.84 Å². The van der Waals surface area contributed by atoms with E-state index in [1.807, 2.05) is 6.92 Å². The first kappa shape index (κ1) is 18.4. The molecule has 0 spiro atoms. The molecule has 1 aromatic carbocycles. The predicted molar refractivity (Wildman–Crippen MR) is 101 cm³/mol. The highest BCUT2D eigenvalue weighted by molar-refractivity contribution is 7.91. The number of carbonyl (C=O) groups excluding carboxylic acids is 1. The van der Waals surface area contributed by atoms with Gasteiger partial charge in [0.1, 0.15) is 11.5 Å². The van der Waals surface area contributed by atoms with Crippen molar-refractivity contribution < 1.29 is 22.7 Å². The summed E-state index contributed by atoms with van der Waals surface area (Å²) in [5.74, 6) is 2.15. The molecular weight excluding hydrogens is 368 g/mol. The summed E-state index contributed by atoms with van der Waals surface area (Å²) in [5, 5.41) is 2.96. The highest BCUT2D eigenvalue weighted by atomic mass is 32.2. The van der Waals surface area contributed by atoms with E-state index in [-0.39, 0.29) is 23.6 Å². The molecule has 3 heterocycles. The largest absolute Gasteiger partial charge is 0.493 e. The fraction of sp³-hybridized carbons (Fsp3) is 0.632. The quantitative estimate of drug-likeness (QED) is 0.814. The Morgan fingerprint density at radius 1 is 1.30 bits per heavy atom. The number of nitrogens with one attached hydrogen (secondary N) is 1. The van der Waals surface area contributed by atoms with Crippen LogP contribution in [-0.2, 0) is 29.1 Å². The van der Waals surface area contributed by atoms with Gasteiger partial charge in [-0.25, -0.2) is 13.2 Å². The lowest BCUT2D eigenvalue weighted by atomic mass is 9.97. The second-order valence-electron chi connectivity index (χ2n) is 7.34. The Hall–Kier alpha value is -1.96. The zero-order valence-electron chi connectivity index (χ0n) is 15.6. The van der Waals surface area contributed by atoms with Crippen molar-refractivity contribution in [3.05, 3.63) is 22.8 Å². The van der Waals surface area contributed by atoms with Gasteiger partial charge in [-0.2, -0.15) is 0 Å². The van der Waals surface area contributed by atoms with Gasteiger partial charge in [-0.1, -0.05) is 0 Å². The summed E-state index contributed by atoms with van der Waals surface area (Å²) in [6, 6.07) is 1.68. The molecule has 7 nitrogen and oxygen atoms in total. The Labute approximate surface area is 159 Å². The van der Waals surface area contributed by atoms with Crippen LogP contribution in [-0.4, -0.2) is 63.2 Å². The van der Waals surface area contributed by atoms with Crippen LogP contribution in [0.3, 0.4) is 0 Å². The molecule has 148 valence electrons. The van der Waals surface area contributed by atoms with Crippen LogP contribution in [0.5, 0.6) is 11.5 Å². The lowest BCUT2D eigenvalue weighted by Gasteiger charge is -2.27. The standard InChI is InChI=1S/C19H26N2O5S/c1-2-21(14-6-10-27(23,24)12-14)19(22)20-7-3-16-15-5-9-25-17(15)11-13-4-8-26-18(13)16/h11,14H,2-10,12H2,1H3,(H,20,22). The van der Waals surface area contributed by atoms with Crippen LogP contribution in [0.2, 0.25) is 0 Å². The molecule has 0 bridgehead atoms. The van der Waals surface area contributed by atoms with Crippen LogP contribution < -0.4 is 14.8 Å². The van der Waals surface area contributed by atoms with Gasteiger partial charge in [0.2, 0.25) is 0 Å². The van der Waals surface area contributed by atoms with Crippen LogP contribution in [0.15, 0.2) is 6.07 Å². The number of rotatable bonds is 5. The topological polar surface area (TPSA) is 84.9 Å². The Morgan fingerprint density at radius 3 is 2.85 bits per heavy atom. The number of carbonyl (C=O) groups is 1. The average molecular weight is 394 g/mol. The SMILES string of the molecule is CCN(C(=O)NCCc1c2c(cc3c1OCC3)OCC2)C1CCS(=O)(=O)C1. The summed E-state index contributed by atoms with van der Waals surface area (Å²) >= 11 is 0. The van der Waals surface area contributed by atoms with Gasteiger partial charge < -0.3 is 19.7 Å². The van der Waals surface area contributed by atoms with Gasteiger partial charge in [-0.15, -0.1) is 0 Å². The number of fused-ring (bicyclic) bond motifs is 2. The molecule has 8 heteroatoms. The smallest absolute Gasteiger partial charge is 0.317 e. The van der Waals surface area contributed by atoms with Gasteiger partial charge in [-0.05, 0) is 25.8 Å². The van der Waals surface area contributed by atoms with E-state index in [1.54, 1.807) is 4.90 Å². The van der Waals surface area contributed by atoms with Crippen molar-refractivity contribution in [2.75, 3.05) is 37.8 Å². The predicted octanol–water partition coefficient (Wildman–Crippen LogP) is 1.32. The minimum atomic E-state index is -3.01. The molecule has 1 aromatic rings. The first-order valence-electron chi connectivity index (χ1n) is 9.66. The molecule has 27 heavy (non-hydrogen) atoms. The Morgan fingerprint density at radius 2 is 2.11 bits per heavy atom. The zero-order valence-corrected chi connectivity index (χ0v) is 16.4. The van der Waals surface area contributed by atoms with Crippen LogP contribution in [0, 0.1) is 0 Å². The monoisotopic (exact) mass is 394 g/mol. The van der Waals surface area contributed by atoms with E-state index in [0.29, 0.717) is 39.1 Å². The maximum atomic E-state index is 12.6. The number of sulfone groups is 1. The number of urea groups is 1. The molecule has 0 saturated carbocycles. The minimum Gasteiger partial charge on any atom is -0.493 e. The van der Waals surface area contributed by atoms with E-state index in [4.69, 9.17) is 9.47 Å². The van der Waals surface area contributed by atoms with Crippen molar-refractivity contribution in [1.29, 1.82) is 0 Å². The lowest BCUT2D eigenvalue weighted by Crippen LogP contribution is -2.47. The third-order valence-corrected chi connectivity index (χ3v) is 7.41. The Balaban J connectivity index is 1.41. The van der Waals surface area contributed by atoms with Crippen molar-refractivity contribution in [2.24, 2.45) is 0 Å². The van der Waals surface area contributed by atoms with Crippen molar-refractivity contribution >= 4 is 15.9 Å². The fourth-order valence-corrected chi connectivity index (χ4v) is 6.06. The van der Waals surface area contributed by atoms with Crippen LogP contribution in [0.1, 0.15) is 30.0 Å². The fourth-order valence-electron chi connectivity index (χ4n) is 4.33. The highest BCUT2D eigenvalue weighted by Gasteiger charge is 2.34.